The molecule has 0 spiro atoms. The van der Waals surface area contributed by atoms with E-state index in [1.807, 2.05) is 0 Å². The molecule has 10 nitrogen and oxygen atoms in total. The molecule has 0 aromatic carbocycles. The van der Waals surface area contributed by atoms with Gasteiger partial charge in [0.15, 0.2) is 0 Å². The van der Waals surface area contributed by atoms with E-state index in [0.717, 1.165) is 30.5 Å². The highest BCUT2D eigenvalue weighted by atomic mass is 32.2. The number of nitrogens with zero attached hydrogens (tertiary/aromatic N) is 4. The Hall–Kier alpha value is -3.08. The number of nitrogen functional groups attached to an aromatic ring is 1. The van der Waals surface area contributed by atoms with Crippen molar-refractivity contribution in [3.05, 3.63) is 45.6 Å². The van der Waals surface area contributed by atoms with Crippen LogP contribution in [0.1, 0.15) is 23.4 Å². The Balaban J connectivity index is 1.63. The standard InChI is InChI=1S/C17H20N6O4S/c1-10-2-4-14(22-28(26)27)16(25)23(10)9-15(24)19-7-11-3-5-13-12(6-11)8-20-17(18)21-13/h2,4,8,11H,3,5-7,9H2,1H3,(H,19,24)(H2,18,20,21). The molecule has 2 heterocycles. The highest BCUT2D eigenvalue weighted by molar-refractivity contribution is 7.61. The van der Waals surface area contributed by atoms with Crippen molar-refractivity contribution in [2.75, 3.05) is 12.3 Å². The molecule has 1 atom stereocenters. The van der Waals surface area contributed by atoms with Gasteiger partial charge in [-0.2, -0.15) is 8.42 Å². The Morgan fingerprint density at radius 2 is 2.21 bits per heavy atom. The van der Waals surface area contributed by atoms with Crippen molar-refractivity contribution < 1.29 is 13.2 Å². The van der Waals surface area contributed by atoms with Crippen LogP contribution in [-0.2, 0) is 34.7 Å². The van der Waals surface area contributed by atoms with Gasteiger partial charge >= 0.3 is 10.5 Å². The van der Waals surface area contributed by atoms with Crippen LogP contribution in [0.25, 0.3) is 0 Å². The van der Waals surface area contributed by atoms with Gasteiger partial charge in [-0.05, 0) is 49.8 Å². The third kappa shape index (κ3) is 4.60. The number of aromatic nitrogens is 3. The zero-order chi connectivity index (χ0) is 20.3. The van der Waals surface area contributed by atoms with Crippen LogP contribution < -0.4 is 16.6 Å². The fraction of sp³-hybridized carbons (Fsp3) is 0.412. The maximum atomic E-state index is 12.3. The van der Waals surface area contributed by atoms with Gasteiger partial charge in [0.1, 0.15) is 12.2 Å². The Morgan fingerprint density at radius 3 is 2.96 bits per heavy atom. The summed E-state index contributed by atoms with van der Waals surface area (Å²) in [6, 6.07) is 2.86. The van der Waals surface area contributed by atoms with Gasteiger partial charge in [-0.3, -0.25) is 9.59 Å². The quantitative estimate of drug-likeness (QED) is 0.720. The van der Waals surface area contributed by atoms with Gasteiger partial charge in [-0.25, -0.2) is 9.97 Å². The molecule has 0 saturated carbocycles. The lowest BCUT2D eigenvalue weighted by atomic mass is 9.87. The Bertz CT molecular complexity index is 1100. The first-order valence-corrected chi connectivity index (χ1v) is 9.75. The number of nitrogens with one attached hydrogen (secondary N) is 1. The van der Waals surface area contributed by atoms with Crippen molar-refractivity contribution in [1.82, 2.24) is 19.9 Å². The normalized spacial score (nSPS) is 15.5. The van der Waals surface area contributed by atoms with Crippen LogP contribution in [0.5, 0.6) is 0 Å². The lowest BCUT2D eigenvalue weighted by Gasteiger charge is -2.24. The summed E-state index contributed by atoms with van der Waals surface area (Å²) in [4.78, 5) is 32.9. The monoisotopic (exact) mass is 404 g/mol. The molecule has 1 aliphatic carbocycles. The summed E-state index contributed by atoms with van der Waals surface area (Å²) in [5.41, 5.74) is 7.28. The highest BCUT2D eigenvalue weighted by Gasteiger charge is 2.21. The number of hydrogen-bond donors (Lipinski definition) is 2. The minimum absolute atomic E-state index is 0.206. The second-order valence-electron chi connectivity index (χ2n) is 6.67. The zero-order valence-electron chi connectivity index (χ0n) is 15.3. The van der Waals surface area contributed by atoms with Crippen molar-refractivity contribution in [3.8, 4) is 0 Å². The van der Waals surface area contributed by atoms with Crippen LogP contribution in [0.2, 0.25) is 0 Å². The van der Waals surface area contributed by atoms with E-state index < -0.39 is 16.1 Å². The molecule has 2 aromatic heterocycles. The average molecular weight is 404 g/mol. The number of carbonyl (C=O) groups is 1. The maximum absolute atomic E-state index is 12.3. The fourth-order valence-corrected chi connectivity index (χ4v) is 3.54. The molecule has 2 aromatic rings. The highest BCUT2D eigenvalue weighted by Crippen LogP contribution is 2.23. The second-order valence-corrected chi connectivity index (χ2v) is 7.29. The third-order valence-corrected chi connectivity index (χ3v) is 5.05. The van der Waals surface area contributed by atoms with Crippen LogP contribution in [0.15, 0.2) is 27.5 Å². The minimum atomic E-state index is -2.74. The zero-order valence-corrected chi connectivity index (χ0v) is 16.1. The first-order chi connectivity index (χ1) is 13.3. The number of amides is 1. The van der Waals surface area contributed by atoms with Crippen LogP contribution in [0, 0.1) is 12.8 Å². The van der Waals surface area contributed by atoms with Crippen molar-refractivity contribution in [1.29, 1.82) is 0 Å². The summed E-state index contributed by atoms with van der Waals surface area (Å²) in [5.74, 6) is 0.178. The number of pyridine rings is 1. The first-order valence-electron chi connectivity index (χ1n) is 8.72. The summed E-state index contributed by atoms with van der Waals surface area (Å²) in [5, 5.41) is 2.84. The van der Waals surface area contributed by atoms with Crippen molar-refractivity contribution >= 4 is 28.0 Å². The Labute approximate surface area is 162 Å². The smallest absolute Gasteiger partial charge is 0.316 e. The Morgan fingerprint density at radius 1 is 1.43 bits per heavy atom. The van der Waals surface area contributed by atoms with Crippen molar-refractivity contribution in [3.63, 3.8) is 0 Å². The lowest BCUT2D eigenvalue weighted by Crippen LogP contribution is -2.37. The van der Waals surface area contributed by atoms with E-state index in [4.69, 9.17) is 5.73 Å². The number of hydrogen-bond acceptors (Lipinski definition) is 8. The van der Waals surface area contributed by atoms with E-state index >= 15 is 0 Å². The molecule has 3 N–H and O–H groups in total. The summed E-state index contributed by atoms with van der Waals surface area (Å²) in [6.07, 6.45) is 4.12. The summed E-state index contributed by atoms with van der Waals surface area (Å²) >= 11 is 0. The number of aryl methyl sites for hydroxylation is 2. The molecular weight excluding hydrogens is 384 g/mol. The lowest BCUT2D eigenvalue weighted by molar-refractivity contribution is -0.121. The average Bonchev–Trinajstić information content (AvgIpc) is 2.65. The molecule has 0 fully saturated rings. The fourth-order valence-electron chi connectivity index (χ4n) is 3.24. The molecule has 0 radical (unpaired) electrons. The molecule has 1 aliphatic rings. The summed E-state index contributed by atoms with van der Waals surface area (Å²) < 4.78 is 25.9. The molecule has 28 heavy (non-hydrogen) atoms. The summed E-state index contributed by atoms with van der Waals surface area (Å²) in [7, 11) is -2.74. The largest absolute Gasteiger partial charge is 0.368 e. The molecule has 11 heteroatoms. The van der Waals surface area contributed by atoms with E-state index in [9.17, 15) is 18.0 Å². The Kier molecular flexibility index (Phi) is 5.83. The van der Waals surface area contributed by atoms with Gasteiger partial charge in [-0.1, -0.05) is 0 Å². The van der Waals surface area contributed by atoms with Gasteiger partial charge in [0.25, 0.3) is 5.56 Å². The van der Waals surface area contributed by atoms with E-state index in [1.165, 1.54) is 10.6 Å². The number of nitrogens with two attached hydrogens (primary N) is 1. The van der Waals surface area contributed by atoms with E-state index in [1.54, 1.807) is 19.2 Å². The molecule has 0 saturated heterocycles. The van der Waals surface area contributed by atoms with Gasteiger partial charge in [0.05, 0.1) is 0 Å². The molecule has 3 rings (SSSR count). The minimum Gasteiger partial charge on any atom is -0.368 e. The first kappa shape index (κ1) is 19.7. The number of carbonyl (C=O) groups excluding carboxylic acids is 1. The molecule has 1 unspecified atom stereocenters. The van der Waals surface area contributed by atoms with Gasteiger partial charge in [0.2, 0.25) is 11.9 Å². The van der Waals surface area contributed by atoms with Crippen LogP contribution in [0.4, 0.5) is 11.6 Å². The van der Waals surface area contributed by atoms with Crippen molar-refractivity contribution in [2.45, 2.75) is 32.7 Å². The van der Waals surface area contributed by atoms with Crippen LogP contribution in [-0.4, -0.2) is 35.4 Å². The SMILES string of the molecule is Cc1ccc(N=S(=O)=O)c(=O)n1CC(=O)NCC1CCc2nc(N)ncc2C1. The van der Waals surface area contributed by atoms with Gasteiger partial charge in [0, 0.05) is 24.1 Å². The number of rotatable bonds is 5. The molecule has 0 aliphatic heterocycles. The predicted octanol–water partition coefficient (Wildman–Crippen LogP) is 0.144. The molecule has 0 bridgehead atoms. The topological polar surface area (TPSA) is 149 Å². The second kappa shape index (κ2) is 8.30. The summed E-state index contributed by atoms with van der Waals surface area (Å²) in [6.45, 7) is 1.92. The number of fused-ring (bicyclic) bond motifs is 1. The molecular formula is C17H20N6O4S. The molecule has 1 amide bonds. The third-order valence-electron chi connectivity index (χ3n) is 4.71. The van der Waals surface area contributed by atoms with Crippen LogP contribution in [0.3, 0.4) is 0 Å². The number of anilines is 1. The van der Waals surface area contributed by atoms with Gasteiger partial charge in [-0.15, -0.1) is 4.36 Å². The van der Waals surface area contributed by atoms with Crippen LogP contribution >= 0.6 is 0 Å². The van der Waals surface area contributed by atoms with Gasteiger partial charge < -0.3 is 15.6 Å². The van der Waals surface area contributed by atoms with E-state index in [0.29, 0.717) is 12.2 Å². The van der Waals surface area contributed by atoms with E-state index in [2.05, 4.69) is 19.6 Å². The van der Waals surface area contributed by atoms with E-state index in [-0.39, 0.29) is 30.0 Å². The molecule has 148 valence electrons. The predicted molar refractivity (Wildman–Crippen MR) is 101 cm³/mol. The van der Waals surface area contributed by atoms with Crippen molar-refractivity contribution in [2.24, 2.45) is 10.3 Å². The maximum Gasteiger partial charge on any atom is 0.316 e.